The molecule has 0 atom stereocenters. The Hall–Kier alpha value is -1.37. The second-order valence-electron chi connectivity index (χ2n) is 2.57. The number of nitriles is 1. The molecule has 0 N–H and O–H groups in total. The highest BCUT2D eigenvalue weighted by molar-refractivity contribution is 4.92. The fraction of sp³-hybridized carbons (Fsp3) is 0.571. The molecule has 0 aliphatic heterocycles. The molecule has 0 saturated carbocycles. The molecule has 0 aromatic carbocycles. The van der Waals surface area contributed by atoms with Gasteiger partial charge in [-0.05, 0) is 13.8 Å². The van der Waals surface area contributed by atoms with Crippen molar-refractivity contribution >= 4 is 0 Å². The van der Waals surface area contributed by atoms with Crippen molar-refractivity contribution in [2.24, 2.45) is 0 Å². The molecule has 0 spiro atoms. The van der Waals surface area contributed by atoms with Crippen LogP contribution in [0.2, 0.25) is 0 Å². The summed E-state index contributed by atoms with van der Waals surface area (Å²) in [4.78, 5) is 3.96. The molecule has 1 heterocycles. The fourth-order valence-corrected chi connectivity index (χ4v) is 0.711. The molecule has 0 aliphatic carbocycles. The maximum atomic E-state index is 8.33. The lowest BCUT2D eigenvalue weighted by Crippen LogP contribution is -2.01. The molecule has 1 rings (SSSR count). The van der Waals surface area contributed by atoms with Crippen molar-refractivity contribution in [3.05, 3.63) is 12.2 Å². The van der Waals surface area contributed by atoms with Crippen molar-refractivity contribution in [2.75, 3.05) is 0 Å². The van der Waals surface area contributed by atoms with Crippen molar-refractivity contribution in [1.82, 2.24) is 14.8 Å². The van der Waals surface area contributed by atoms with E-state index in [1.165, 1.54) is 0 Å². The number of hydrogen-bond donors (Lipinski definition) is 0. The van der Waals surface area contributed by atoms with Crippen LogP contribution < -0.4 is 0 Å². The SMILES string of the molecule is CC(C)n1cnc(CC#N)n1. The van der Waals surface area contributed by atoms with Gasteiger partial charge in [0.25, 0.3) is 0 Å². The molecular weight excluding hydrogens is 140 g/mol. The molecule has 11 heavy (non-hydrogen) atoms. The van der Waals surface area contributed by atoms with Crippen molar-refractivity contribution in [3.8, 4) is 6.07 Å². The van der Waals surface area contributed by atoms with E-state index >= 15 is 0 Å². The molecule has 0 fully saturated rings. The smallest absolute Gasteiger partial charge is 0.164 e. The Morgan fingerprint density at radius 3 is 2.91 bits per heavy atom. The summed E-state index contributed by atoms with van der Waals surface area (Å²) in [7, 11) is 0. The van der Waals surface area contributed by atoms with Gasteiger partial charge in [0.15, 0.2) is 5.82 Å². The van der Waals surface area contributed by atoms with Crippen LogP contribution in [0.25, 0.3) is 0 Å². The van der Waals surface area contributed by atoms with Gasteiger partial charge in [0.2, 0.25) is 0 Å². The highest BCUT2D eigenvalue weighted by atomic mass is 15.3. The minimum Gasteiger partial charge on any atom is -0.250 e. The Labute approximate surface area is 65.5 Å². The van der Waals surface area contributed by atoms with Gasteiger partial charge in [0.05, 0.1) is 12.5 Å². The second-order valence-corrected chi connectivity index (χ2v) is 2.57. The van der Waals surface area contributed by atoms with Crippen LogP contribution >= 0.6 is 0 Å². The van der Waals surface area contributed by atoms with Gasteiger partial charge in [0.1, 0.15) is 6.33 Å². The predicted molar refractivity (Wildman–Crippen MR) is 39.7 cm³/mol. The molecule has 1 aromatic heterocycles. The summed E-state index contributed by atoms with van der Waals surface area (Å²) in [6.45, 7) is 4.04. The van der Waals surface area contributed by atoms with E-state index in [9.17, 15) is 0 Å². The second kappa shape index (κ2) is 3.15. The molecule has 0 radical (unpaired) electrons. The van der Waals surface area contributed by atoms with Crippen molar-refractivity contribution < 1.29 is 0 Å². The molecule has 0 bridgehead atoms. The Kier molecular flexibility index (Phi) is 2.21. The zero-order chi connectivity index (χ0) is 8.27. The molecule has 0 saturated heterocycles. The summed E-state index contributed by atoms with van der Waals surface area (Å²) in [5.74, 6) is 0.598. The maximum Gasteiger partial charge on any atom is 0.164 e. The molecule has 4 heteroatoms. The van der Waals surface area contributed by atoms with E-state index in [-0.39, 0.29) is 0 Å². The number of hydrogen-bond acceptors (Lipinski definition) is 3. The number of rotatable bonds is 2. The average Bonchev–Trinajstić information content (AvgIpc) is 2.37. The van der Waals surface area contributed by atoms with Crippen molar-refractivity contribution in [2.45, 2.75) is 26.3 Å². The number of nitrogens with zero attached hydrogens (tertiary/aromatic N) is 4. The van der Waals surface area contributed by atoms with Gasteiger partial charge in [-0.3, -0.25) is 4.68 Å². The monoisotopic (exact) mass is 150 g/mol. The Bertz CT molecular complexity index is 268. The van der Waals surface area contributed by atoms with Gasteiger partial charge in [-0.15, -0.1) is 0 Å². The summed E-state index contributed by atoms with van der Waals surface area (Å²) in [6, 6.07) is 2.31. The lowest BCUT2D eigenvalue weighted by molar-refractivity contribution is 0.527. The van der Waals surface area contributed by atoms with Gasteiger partial charge in [-0.1, -0.05) is 0 Å². The third-order valence-electron chi connectivity index (χ3n) is 1.32. The molecule has 1 aromatic rings. The highest BCUT2D eigenvalue weighted by Gasteiger charge is 2.01. The quantitative estimate of drug-likeness (QED) is 0.630. The van der Waals surface area contributed by atoms with E-state index in [1.54, 1.807) is 11.0 Å². The fourth-order valence-electron chi connectivity index (χ4n) is 0.711. The first-order valence-electron chi connectivity index (χ1n) is 3.51. The van der Waals surface area contributed by atoms with Crippen molar-refractivity contribution in [1.29, 1.82) is 5.26 Å². The summed E-state index contributed by atoms with van der Waals surface area (Å²) in [5.41, 5.74) is 0. The highest BCUT2D eigenvalue weighted by Crippen LogP contribution is 2.00. The van der Waals surface area contributed by atoms with E-state index in [4.69, 9.17) is 5.26 Å². The minimum absolute atomic E-state index is 0.291. The Morgan fingerprint density at radius 2 is 2.45 bits per heavy atom. The third-order valence-corrected chi connectivity index (χ3v) is 1.32. The zero-order valence-corrected chi connectivity index (χ0v) is 6.65. The standard InChI is InChI=1S/C7H10N4/c1-6(2)11-5-9-7(10-11)3-4-8/h5-6H,3H2,1-2H3. The average molecular weight is 150 g/mol. The first-order valence-corrected chi connectivity index (χ1v) is 3.51. The molecule has 4 nitrogen and oxygen atoms in total. The van der Waals surface area contributed by atoms with Crippen LogP contribution in [0.1, 0.15) is 25.7 Å². The topological polar surface area (TPSA) is 54.5 Å². The van der Waals surface area contributed by atoms with Crippen molar-refractivity contribution in [3.63, 3.8) is 0 Å². The molecule has 0 aliphatic rings. The van der Waals surface area contributed by atoms with Crippen LogP contribution in [0.4, 0.5) is 0 Å². The molecule has 58 valence electrons. The maximum absolute atomic E-state index is 8.33. The largest absolute Gasteiger partial charge is 0.250 e. The van der Waals surface area contributed by atoms with Gasteiger partial charge in [-0.25, -0.2) is 4.98 Å². The van der Waals surface area contributed by atoms with Gasteiger partial charge < -0.3 is 0 Å². The number of aromatic nitrogens is 3. The van der Waals surface area contributed by atoms with Crippen LogP contribution in [0, 0.1) is 11.3 Å². The van der Waals surface area contributed by atoms with Gasteiger partial charge in [-0.2, -0.15) is 10.4 Å². The van der Waals surface area contributed by atoms with Gasteiger partial charge in [0, 0.05) is 6.04 Å². The predicted octanol–water partition coefficient (Wildman–Crippen LogP) is 0.925. The summed E-state index contributed by atoms with van der Waals surface area (Å²) >= 11 is 0. The van der Waals surface area contributed by atoms with Crippen LogP contribution in [0.15, 0.2) is 6.33 Å². The third kappa shape index (κ3) is 1.77. The first-order chi connectivity index (χ1) is 5.24. The molecule has 0 amide bonds. The normalized spacial score (nSPS) is 10.0. The van der Waals surface area contributed by atoms with Crippen LogP contribution in [0.5, 0.6) is 0 Å². The van der Waals surface area contributed by atoms with Crippen LogP contribution in [-0.4, -0.2) is 14.8 Å². The summed E-state index contributed by atoms with van der Waals surface area (Å²) < 4.78 is 1.74. The van der Waals surface area contributed by atoms with Gasteiger partial charge >= 0.3 is 0 Å². The van der Waals surface area contributed by atoms with E-state index in [0.717, 1.165) is 0 Å². The van der Waals surface area contributed by atoms with E-state index < -0.39 is 0 Å². The van der Waals surface area contributed by atoms with Crippen LogP contribution in [0.3, 0.4) is 0 Å². The Balaban J connectivity index is 2.75. The lowest BCUT2D eigenvalue weighted by atomic mass is 10.4. The van der Waals surface area contributed by atoms with E-state index in [1.807, 2.05) is 19.9 Å². The summed E-state index contributed by atoms with van der Waals surface area (Å²) in [6.07, 6.45) is 1.94. The zero-order valence-electron chi connectivity index (χ0n) is 6.65. The van der Waals surface area contributed by atoms with Crippen LogP contribution in [-0.2, 0) is 6.42 Å². The summed E-state index contributed by atoms with van der Waals surface area (Å²) in [5, 5.41) is 12.4. The van der Waals surface area contributed by atoms with E-state index in [2.05, 4.69) is 10.1 Å². The first kappa shape index (κ1) is 7.73. The van der Waals surface area contributed by atoms with E-state index in [0.29, 0.717) is 18.3 Å². The lowest BCUT2D eigenvalue weighted by Gasteiger charge is -2.00. The molecule has 0 unspecified atom stereocenters. The Morgan fingerprint density at radius 1 is 1.73 bits per heavy atom. The molecular formula is C7H10N4. The minimum atomic E-state index is 0.291.